The summed E-state index contributed by atoms with van der Waals surface area (Å²) >= 11 is 0. The summed E-state index contributed by atoms with van der Waals surface area (Å²) in [5.74, 6) is 0.316. The quantitative estimate of drug-likeness (QED) is 0.895. The Morgan fingerprint density at radius 1 is 1.27 bits per heavy atom. The Hall–Kier alpha value is -2.73. The molecule has 0 aliphatic carbocycles. The van der Waals surface area contributed by atoms with Crippen LogP contribution < -0.4 is 5.73 Å². The van der Waals surface area contributed by atoms with Crippen molar-refractivity contribution < 1.29 is 14.3 Å². The number of benzene rings is 1. The minimum Gasteiger partial charge on any atom is -0.462 e. The van der Waals surface area contributed by atoms with Crippen LogP contribution in [-0.4, -0.2) is 34.8 Å². The highest BCUT2D eigenvalue weighted by Gasteiger charge is 2.37. The maximum absolute atomic E-state index is 12.3. The van der Waals surface area contributed by atoms with Gasteiger partial charge >= 0.3 is 0 Å². The van der Waals surface area contributed by atoms with Crippen molar-refractivity contribution in [1.29, 1.82) is 0 Å². The monoisotopic (exact) mass is 353 g/mol. The number of primary amides is 1. The van der Waals surface area contributed by atoms with E-state index >= 15 is 0 Å². The summed E-state index contributed by atoms with van der Waals surface area (Å²) in [4.78, 5) is 14.5. The van der Waals surface area contributed by atoms with Gasteiger partial charge in [0.25, 0.3) is 0 Å². The van der Waals surface area contributed by atoms with Crippen LogP contribution in [0, 0.1) is 6.92 Å². The molecule has 1 aromatic heterocycles. The predicted octanol–water partition coefficient (Wildman–Crippen LogP) is 2.29. The molecule has 3 heterocycles. The second-order valence-corrected chi connectivity index (χ2v) is 6.81. The minimum atomic E-state index is -0.460. The number of aromatic nitrogens is 1. The van der Waals surface area contributed by atoms with Gasteiger partial charge in [0, 0.05) is 31.4 Å². The molecule has 1 amide bonds. The SMILES string of the molecule is Cc1ccc(C2c3cccn3CCN2C(CC2=COCO2)C(N)=O)cc1. The number of fused-ring (bicyclic) bond motifs is 1. The highest BCUT2D eigenvalue weighted by Crippen LogP contribution is 2.35. The summed E-state index contributed by atoms with van der Waals surface area (Å²) in [7, 11) is 0. The summed E-state index contributed by atoms with van der Waals surface area (Å²) in [5, 5.41) is 0. The van der Waals surface area contributed by atoms with Gasteiger partial charge < -0.3 is 19.8 Å². The van der Waals surface area contributed by atoms with Gasteiger partial charge in [0.15, 0.2) is 0 Å². The van der Waals surface area contributed by atoms with Crippen molar-refractivity contribution in [3.8, 4) is 0 Å². The molecule has 26 heavy (non-hydrogen) atoms. The summed E-state index contributed by atoms with van der Waals surface area (Å²) in [6, 6.07) is 12.1. The lowest BCUT2D eigenvalue weighted by atomic mass is 9.96. The van der Waals surface area contributed by atoms with E-state index in [-0.39, 0.29) is 18.7 Å². The highest BCUT2D eigenvalue weighted by atomic mass is 16.7. The Morgan fingerprint density at radius 2 is 2.08 bits per heavy atom. The van der Waals surface area contributed by atoms with Gasteiger partial charge in [-0.25, -0.2) is 0 Å². The molecular formula is C20H23N3O3. The molecule has 6 nitrogen and oxygen atoms in total. The summed E-state index contributed by atoms with van der Waals surface area (Å²) < 4.78 is 12.8. The maximum Gasteiger partial charge on any atom is 0.235 e. The number of carbonyl (C=O) groups is 1. The van der Waals surface area contributed by atoms with Gasteiger partial charge in [-0.3, -0.25) is 9.69 Å². The van der Waals surface area contributed by atoms with E-state index in [2.05, 4.69) is 59.0 Å². The van der Waals surface area contributed by atoms with Gasteiger partial charge in [-0.1, -0.05) is 29.8 Å². The van der Waals surface area contributed by atoms with Crippen molar-refractivity contribution in [3.05, 3.63) is 71.4 Å². The number of rotatable bonds is 5. The molecule has 1 aromatic carbocycles. The van der Waals surface area contributed by atoms with Gasteiger partial charge in [0.2, 0.25) is 12.7 Å². The lowest BCUT2D eigenvalue weighted by Crippen LogP contribution is -2.50. The first-order valence-corrected chi connectivity index (χ1v) is 8.83. The Balaban J connectivity index is 1.72. The number of hydrogen-bond acceptors (Lipinski definition) is 4. The molecule has 2 N–H and O–H groups in total. The molecule has 2 atom stereocenters. The first kappa shape index (κ1) is 16.7. The lowest BCUT2D eigenvalue weighted by Gasteiger charge is -2.41. The summed E-state index contributed by atoms with van der Waals surface area (Å²) in [6.45, 7) is 3.83. The fraction of sp³-hybridized carbons (Fsp3) is 0.350. The van der Waals surface area contributed by atoms with E-state index in [4.69, 9.17) is 15.2 Å². The van der Waals surface area contributed by atoms with E-state index in [1.54, 1.807) is 6.26 Å². The van der Waals surface area contributed by atoms with Crippen molar-refractivity contribution >= 4 is 5.91 Å². The average Bonchev–Trinajstić information content (AvgIpc) is 3.31. The predicted molar refractivity (Wildman–Crippen MR) is 96.9 cm³/mol. The van der Waals surface area contributed by atoms with E-state index in [0.717, 1.165) is 18.7 Å². The minimum absolute atomic E-state index is 0.0280. The highest BCUT2D eigenvalue weighted by molar-refractivity contribution is 5.80. The third kappa shape index (κ3) is 3.08. The fourth-order valence-corrected chi connectivity index (χ4v) is 3.80. The standard InChI is InChI=1S/C20H23N3O3/c1-14-4-6-15(7-5-14)19-17-3-2-8-22(17)9-10-23(19)18(20(21)24)11-16-12-25-13-26-16/h2-8,12,18-19H,9-11,13H2,1H3,(H2,21,24). The van der Waals surface area contributed by atoms with Crippen LogP contribution in [0.2, 0.25) is 0 Å². The van der Waals surface area contributed by atoms with Gasteiger partial charge in [0.05, 0.1) is 12.1 Å². The van der Waals surface area contributed by atoms with Crippen LogP contribution in [0.1, 0.15) is 29.3 Å². The van der Waals surface area contributed by atoms with Crippen LogP contribution in [0.3, 0.4) is 0 Å². The Labute approximate surface area is 152 Å². The van der Waals surface area contributed by atoms with Gasteiger partial charge in [-0.05, 0) is 24.6 Å². The van der Waals surface area contributed by atoms with Crippen LogP contribution in [0.4, 0.5) is 0 Å². The third-order valence-electron chi connectivity index (χ3n) is 5.12. The summed E-state index contributed by atoms with van der Waals surface area (Å²) in [6.07, 6.45) is 4.07. The zero-order valence-corrected chi connectivity index (χ0v) is 14.8. The van der Waals surface area contributed by atoms with Gasteiger partial charge in [-0.15, -0.1) is 0 Å². The first-order valence-electron chi connectivity index (χ1n) is 8.83. The smallest absolute Gasteiger partial charge is 0.235 e. The Bertz CT molecular complexity index is 825. The molecule has 2 unspecified atom stereocenters. The second kappa shape index (κ2) is 6.88. The molecule has 0 saturated carbocycles. The number of nitrogens with two attached hydrogens (primary N) is 1. The molecule has 2 aliphatic rings. The number of carbonyl (C=O) groups excluding carboxylic acids is 1. The number of hydrogen-bond donors (Lipinski definition) is 1. The number of amides is 1. The lowest BCUT2D eigenvalue weighted by molar-refractivity contribution is -0.124. The van der Waals surface area contributed by atoms with Crippen LogP contribution in [0.15, 0.2) is 54.6 Å². The molecular weight excluding hydrogens is 330 g/mol. The van der Waals surface area contributed by atoms with Crippen molar-refractivity contribution in [2.75, 3.05) is 13.3 Å². The fourth-order valence-electron chi connectivity index (χ4n) is 3.80. The summed E-state index contributed by atoms with van der Waals surface area (Å²) in [5.41, 5.74) is 9.32. The van der Waals surface area contributed by atoms with Gasteiger partial charge in [0.1, 0.15) is 12.0 Å². The van der Waals surface area contributed by atoms with Crippen molar-refractivity contribution in [2.45, 2.75) is 32.0 Å². The molecule has 0 bridgehead atoms. The van der Waals surface area contributed by atoms with Crippen LogP contribution in [0.25, 0.3) is 0 Å². The van der Waals surface area contributed by atoms with Crippen LogP contribution >= 0.6 is 0 Å². The molecule has 136 valence electrons. The Morgan fingerprint density at radius 3 is 2.77 bits per heavy atom. The topological polar surface area (TPSA) is 69.7 Å². The molecule has 4 rings (SSSR count). The van der Waals surface area contributed by atoms with Crippen molar-refractivity contribution in [1.82, 2.24) is 9.47 Å². The second-order valence-electron chi connectivity index (χ2n) is 6.81. The first-order chi connectivity index (χ1) is 12.6. The zero-order chi connectivity index (χ0) is 18.1. The van der Waals surface area contributed by atoms with E-state index in [1.807, 2.05) is 0 Å². The number of nitrogens with zero attached hydrogens (tertiary/aromatic N) is 2. The van der Waals surface area contributed by atoms with E-state index in [9.17, 15) is 4.79 Å². The average molecular weight is 353 g/mol. The van der Waals surface area contributed by atoms with Crippen LogP contribution in [0.5, 0.6) is 0 Å². The number of ether oxygens (including phenoxy) is 2. The largest absolute Gasteiger partial charge is 0.462 e. The zero-order valence-electron chi connectivity index (χ0n) is 14.8. The van der Waals surface area contributed by atoms with E-state index in [1.165, 1.54) is 11.3 Å². The van der Waals surface area contributed by atoms with Gasteiger partial charge in [-0.2, -0.15) is 0 Å². The third-order valence-corrected chi connectivity index (χ3v) is 5.12. The van der Waals surface area contributed by atoms with Crippen LogP contribution in [-0.2, 0) is 20.8 Å². The van der Waals surface area contributed by atoms with Crippen molar-refractivity contribution in [3.63, 3.8) is 0 Å². The maximum atomic E-state index is 12.3. The normalized spacial score (nSPS) is 20.7. The molecule has 0 saturated heterocycles. The Kier molecular flexibility index (Phi) is 4.42. The molecule has 2 aliphatic heterocycles. The molecule has 2 aromatic rings. The number of aryl methyl sites for hydroxylation is 1. The molecule has 0 radical (unpaired) electrons. The molecule has 6 heteroatoms. The van der Waals surface area contributed by atoms with Crippen molar-refractivity contribution in [2.24, 2.45) is 5.73 Å². The molecule has 0 fully saturated rings. The van der Waals surface area contributed by atoms with E-state index in [0.29, 0.717) is 12.2 Å². The van der Waals surface area contributed by atoms with E-state index < -0.39 is 6.04 Å². The molecule has 0 spiro atoms.